The van der Waals surface area contributed by atoms with E-state index in [1.54, 1.807) is 11.0 Å². The van der Waals surface area contributed by atoms with Crippen LogP contribution in [-0.2, 0) is 4.74 Å². The van der Waals surface area contributed by atoms with Crippen molar-refractivity contribution >= 4 is 17.9 Å². The van der Waals surface area contributed by atoms with Crippen molar-refractivity contribution in [1.82, 2.24) is 4.90 Å². The molecule has 0 aliphatic heterocycles. The molecular weight excluding hydrogens is 446 g/mol. The Morgan fingerprint density at radius 3 is 2.44 bits per heavy atom. The number of benzene rings is 1. The van der Waals surface area contributed by atoms with Crippen LogP contribution >= 0.6 is 0 Å². The van der Waals surface area contributed by atoms with Crippen LogP contribution in [0.2, 0.25) is 0 Å². The molecular formula is C31H43N3O2. The molecule has 1 amide bonds. The normalized spacial score (nSPS) is 12.4. The van der Waals surface area contributed by atoms with Gasteiger partial charge in [0.25, 0.3) is 0 Å². The molecule has 5 heteroatoms. The van der Waals surface area contributed by atoms with Gasteiger partial charge in [-0.2, -0.15) is 5.26 Å². The maximum absolute atomic E-state index is 12.2. The van der Waals surface area contributed by atoms with E-state index < -0.39 is 0 Å². The van der Waals surface area contributed by atoms with E-state index in [9.17, 15) is 10.1 Å². The van der Waals surface area contributed by atoms with Gasteiger partial charge in [0.05, 0.1) is 17.9 Å². The highest BCUT2D eigenvalue weighted by atomic mass is 16.6. The average molecular weight is 490 g/mol. The predicted molar refractivity (Wildman–Crippen MR) is 153 cm³/mol. The highest BCUT2D eigenvalue weighted by molar-refractivity contribution is 5.71. The fourth-order valence-electron chi connectivity index (χ4n) is 3.88. The number of anilines is 1. The van der Waals surface area contributed by atoms with Gasteiger partial charge in [-0.1, -0.05) is 56.9 Å². The number of carbonyl (C=O) groups is 1. The molecule has 194 valence electrons. The van der Waals surface area contributed by atoms with Crippen molar-refractivity contribution < 1.29 is 9.53 Å². The van der Waals surface area contributed by atoms with Crippen molar-refractivity contribution in [1.29, 1.82) is 5.26 Å². The molecule has 0 saturated carbocycles. The Kier molecular flexibility index (Phi) is 14.4. The molecule has 1 N–H and O–H groups in total. The van der Waals surface area contributed by atoms with E-state index >= 15 is 0 Å². The molecule has 1 aromatic carbocycles. The molecule has 0 aliphatic rings. The van der Waals surface area contributed by atoms with E-state index in [-0.39, 0.29) is 6.09 Å². The molecule has 0 radical (unpaired) electrons. The Labute approximate surface area is 218 Å². The summed E-state index contributed by atoms with van der Waals surface area (Å²) < 4.78 is 5.45. The number of amides is 1. The number of carbonyl (C=O) groups excluding carboxylic acids is 1. The summed E-state index contributed by atoms with van der Waals surface area (Å²) in [6.07, 6.45) is 14.8. The van der Waals surface area contributed by atoms with E-state index in [0.717, 1.165) is 55.6 Å². The molecule has 0 aliphatic carbocycles. The summed E-state index contributed by atoms with van der Waals surface area (Å²) in [7, 11) is 0. The zero-order valence-electron chi connectivity index (χ0n) is 23.0. The zero-order valence-corrected chi connectivity index (χ0v) is 23.0. The second-order valence-corrected chi connectivity index (χ2v) is 8.59. The standard InChI is InChI=1S/C31H43N3O2/c1-8-16-28-24(6)18-19-29(25(28)7)33-30(27(12-5)23-32)26(11-4)17-14-13-15-22-36-31(35)34(20-9-2)21-10-3/h8,11-12,14,16-19,33H,5,9-10,13,15,20-22H2,1-4,6-7H3/b16-8-,17-14+,26-11-,30-27-. The molecule has 1 aromatic rings. The number of unbranched alkanes of at least 4 members (excludes halogenated alkanes) is 1. The molecule has 5 nitrogen and oxygen atoms in total. The first-order chi connectivity index (χ1) is 17.4. The van der Waals surface area contributed by atoms with Crippen molar-refractivity contribution in [3.05, 3.63) is 82.6 Å². The lowest BCUT2D eigenvalue weighted by atomic mass is 9.99. The van der Waals surface area contributed by atoms with Gasteiger partial charge in [-0.05, 0) is 87.8 Å². The van der Waals surface area contributed by atoms with Crippen molar-refractivity contribution in [3.8, 4) is 6.07 Å². The summed E-state index contributed by atoms with van der Waals surface area (Å²) in [5.41, 5.74) is 6.52. The number of aryl methyl sites for hydroxylation is 1. The fraction of sp³-hybridized carbons (Fsp3) is 0.419. The molecule has 0 bridgehead atoms. The van der Waals surface area contributed by atoms with Gasteiger partial charge in [0.15, 0.2) is 0 Å². The smallest absolute Gasteiger partial charge is 0.409 e. The quantitative estimate of drug-likeness (QED) is 0.162. The number of hydrogen-bond donors (Lipinski definition) is 1. The maximum Gasteiger partial charge on any atom is 0.409 e. The molecule has 1 rings (SSSR count). The van der Waals surface area contributed by atoms with Crippen LogP contribution in [0, 0.1) is 25.2 Å². The van der Waals surface area contributed by atoms with Crippen molar-refractivity contribution in [3.63, 3.8) is 0 Å². The number of nitrogens with zero attached hydrogens (tertiary/aromatic N) is 2. The Balaban J connectivity index is 2.95. The summed E-state index contributed by atoms with van der Waals surface area (Å²) in [6.45, 7) is 17.9. The molecule has 36 heavy (non-hydrogen) atoms. The van der Waals surface area contributed by atoms with Crippen LogP contribution < -0.4 is 5.32 Å². The molecule has 0 unspecified atom stereocenters. The number of ether oxygens (including phenoxy) is 1. The third-order valence-corrected chi connectivity index (χ3v) is 5.80. The van der Waals surface area contributed by atoms with Gasteiger partial charge in [-0.25, -0.2) is 4.79 Å². The number of nitriles is 1. The first-order valence-electron chi connectivity index (χ1n) is 12.9. The molecule has 0 spiro atoms. The number of nitrogens with one attached hydrogen (secondary N) is 1. The van der Waals surface area contributed by atoms with Gasteiger partial charge >= 0.3 is 6.09 Å². The molecule has 0 heterocycles. The van der Waals surface area contributed by atoms with E-state index in [1.165, 1.54) is 11.1 Å². The summed E-state index contributed by atoms with van der Waals surface area (Å²) in [5.74, 6) is 0. The molecule has 0 fully saturated rings. The van der Waals surface area contributed by atoms with Crippen LogP contribution in [0.15, 0.2) is 65.9 Å². The number of hydrogen-bond acceptors (Lipinski definition) is 4. The second kappa shape index (κ2) is 17.0. The van der Waals surface area contributed by atoms with Gasteiger partial charge in [0, 0.05) is 18.8 Å². The lowest BCUT2D eigenvalue weighted by Crippen LogP contribution is -2.33. The number of rotatable bonds is 14. The van der Waals surface area contributed by atoms with Crippen molar-refractivity contribution in [2.45, 2.75) is 67.2 Å². The topological polar surface area (TPSA) is 65.4 Å². The Hall–Kier alpha value is -3.52. The Morgan fingerprint density at radius 1 is 1.19 bits per heavy atom. The van der Waals surface area contributed by atoms with E-state index in [2.05, 4.69) is 57.8 Å². The zero-order chi connectivity index (χ0) is 26.9. The Bertz CT molecular complexity index is 1030. The lowest BCUT2D eigenvalue weighted by molar-refractivity contribution is 0.101. The predicted octanol–water partition coefficient (Wildman–Crippen LogP) is 8.25. The summed E-state index contributed by atoms with van der Waals surface area (Å²) in [5, 5.41) is 13.2. The largest absolute Gasteiger partial charge is 0.449 e. The van der Waals surface area contributed by atoms with Crippen LogP contribution in [0.5, 0.6) is 0 Å². The van der Waals surface area contributed by atoms with Crippen LogP contribution in [-0.4, -0.2) is 30.7 Å². The minimum absolute atomic E-state index is 0.235. The highest BCUT2D eigenvalue weighted by Gasteiger charge is 2.13. The summed E-state index contributed by atoms with van der Waals surface area (Å²) in [6, 6.07) is 6.38. The average Bonchev–Trinajstić information content (AvgIpc) is 2.87. The van der Waals surface area contributed by atoms with Crippen molar-refractivity contribution in [2.75, 3.05) is 25.0 Å². The van der Waals surface area contributed by atoms with Gasteiger partial charge in [-0.15, -0.1) is 0 Å². The number of allylic oxidation sites excluding steroid dienone is 6. The van der Waals surface area contributed by atoms with E-state index in [0.29, 0.717) is 17.9 Å². The maximum atomic E-state index is 12.2. The van der Waals surface area contributed by atoms with Crippen molar-refractivity contribution in [2.24, 2.45) is 0 Å². The monoisotopic (exact) mass is 489 g/mol. The Morgan fingerprint density at radius 2 is 1.89 bits per heavy atom. The summed E-state index contributed by atoms with van der Waals surface area (Å²) >= 11 is 0. The SMILES string of the molecule is C=C\C(C#N)=C(Nc1ccc(C)c(/C=C\C)c1C)/C(=C\C)/C=C/CCCOC(=O)N(CCC)CCC. The van der Waals surface area contributed by atoms with Crippen LogP contribution in [0.1, 0.15) is 70.1 Å². The van der Waals surface area contributed by atoms with Crippen LogP contribution in [0.25, 0.3) is 6.08 Å². The van der Waals surface area contributed by atoms with Gasteiger partial charge < -0.3 is 15.0 Å². The lowest BCUT2D eigenvalue weighted by Gasteiger charge is -2.20. The van der Waals surface area contributed by atoms with Gasteiger partial charge in [0.2, 0.25) is 0 Å². The third kappa shape index (κ3) is 9.26. The minimum Gasteiger partial charge on any atom is -0.449 e. The van der Waals surface area contributed by atoms with Crippen LogP contribution in [0.4, 0.5) is 10.5 Å². The highest BCUT2D eigenvalue weighted by Crippen LogP contribution is 2.28. The third-order valence-electron chi connectivity index (χ3n) is 5.80. The minimum atomic E-state index is -0.235. The van der Waals surface area contributed by atoms with Gasteiger partial charge in [-0.3, -0.25) is 0 Å². The van der Waals surface area contributed by atoms with Crippen LogP contribution in [0.3, 0.4) is 0 Å². The molecule has 0 atom stereocenters. The first-order valence-corrected chi connectivity index (χ1v) is 12.9. The van der Waals surface area contributed by atoms with Gasteiger partial charge in [0.1, 0.15) is 6.07 Å². The second-order valence-electron chi connectivity index (χ2n) is 8.59. The fourth-order valence-corrected chi connectivity index (χ4v) is 3.88. The van der Waals surface area contributed by atoms with E-state index in [1.807, 2.05) is 44.2 Å². The first kappa shape index (κ1) is 30.5. The summed E-state index contributed by atoms with van der Waals surface area (Å²) in [4.78, 5) is 14.0. The molecule has 0 aromatic heterocycles. The molecule has 0 saturated heterocycles. The van der Waals surface area contributed by atoms with E-state index in [4.69, 9.17) is 4.74 Å².